The number of amides is 1. The fraction of sp³-hybridized carbons (Fsp3) is 0.158. The van der Waals surface area contributed by atoms with Gasteiger partial charge in [-0.05, 0) is 36.1 Å². The number of furan rings is 1. The van der Waals surface area contributed by atoms with Crippen molar-refractivity contribution in [3.05, 3.63) is 65.3 Å². The zero-order chi connectivity index (χ0) is 20.5. The van der Waals surface area contributed by atoms with E-state index in [0.29, 0.717) is 15.7 Å². The van der Waals surface area contributed by atoms with E-state index < -0.39 is 23.5 Å². The molecule has 8 nitrogen and oxygen atoms in total. The number of rotatable bonds is 6. The molecular formula is C19H15N3O5S2. The van der Waals surface area contributed by atoms with Crippen molar-refractivity contribution >= 4 is 39.9 Å². The summed E-state index contributed by atoms with van der Waals surface area (Å²) in [5, 5.41) is 19.0. The number of carbonyl (C=O) groups is 2. The number of ketones is 1. The van der Waals surface area contributed by atoms with E-state index in [9.17, 15) is 14.7 Å². The molecule has 4 rings (SSSR count). The summed E-state index contributed by atoms with van der Waals surface area (Å²) < 4.78 is 11.0. The Labute approximate surface area is 173 Å². The van der Waals surface area contributed by atoms with Gasteiger partial charge in [-0.2, -0.15) is 0 Å². The summed E-state index contributed by atoms with van der Waals surface area (Å²) in [6.45, 7) is 0. The molecule has 29 heavy (non-hydrogen) atoms. The smallest absolute Gasteiger partial charge is 0.296 e. The molecule has 0 saturated carbocycles. The molecule has 3 aromatic rings. The van der Waals surface area contributed by atoms with E-state index in [1.54, 1.807) is 37.4 Å². The summed E-state index contributed by atoms with van der Waals surface area (Å²) in [7, 11) is 1.54. The molecular weight excluding hydrogens is 414 g/mol. The Balaban J connectivity index is 1.85. The summed E-state index contributed by atoms with van der Waals surface area (Å²) in [6.07, 6.45) is 3.20. The standard InChI is InChI=1S/C19H15N3O5S2/c1-26-11-7-5-10(6-8-11)14-13(15(23)12-4-3-9-27-12)16(24)17(25)22(14)18-20-21-19(28-2)29-18/h3-9,14,24H,1-2H3/t14-/m1/s1. The van der Waals surface area contributed by atoms with Gasteiger partial charge in [0.2, 0.25) is 10.9 Å². The second kappa shape index (κ2) is 7.72. The number of thioether (sulfide) groups is 1. The number of benzene rings is 1. The average molecular weight is 429 g/mol. The van der Waals surface area contributed by atoms with Gasteiger partial charge in [-0.15, -0.1) is 10.2 Å². The Morgan fingerprint density at radius 1 is 1.28 bits per heavy atom. The molecule has 1 aliphatic heterocycles. The third-order valence-electron chi connectivity index (χ3n) is 4.41. The summed E-state index contributed by atoms with van der Waals surface area (Å²) in [5.41, 5.74) is 0.537. The normalized spacial score (nSPS) is 16.6. The molecule has 10 heteroatoms. The molecule has 1 N–H and O–H groups in total. The first-order chi connectivity index (χ1) is 14.0. The predicted octanol–water partition coefficient (Wildman–Crippen LogP) is 3.64. The third kappa shape index (κ3) is 3.30. The molecule has 2 aromatic heterocycles. The number of methoxy groups -OCH3 is 1. The maximum Gasteiger partial charge on any atom is 0.296 e. The number of nitrogens with zero attached hydrogens (tertiary/aromatic N) is 3. The first-order valence-corrected chi connectivity index (χ1v) is 10.5. The number of hydrogen-bond donors (Lipinski definition) is 1. The van der Waals surface area contributed by atoms with Crippen LogP contribution < -0.4 is 9.64 Å². The largest absolute Gasteiger partial charge is 0.503 e. The molecule has 0 aliphatic carbocycles. The molecule has 1 aliphatic rings. The number of aliphatic hydroxyl groups excluding tert-OH is 1. The van der Waals surface area contributed by atoms with Gasteiger partial charge in [0, 0.05) is 0 Å². The Hall–Kier alpha value is -3.11. The van der Waals surface area contributed by atoms with Crippen molar-refractivity contribution in [2.75, 3.05) is 18.3 Å². The van der Waals surface area contributed by atoms with Crippen LogP contribution in [0.25, 0.3) is 0 Å². The Morgan fingerprint density at radius 2 is 2.03 bits per heavy atom. The molecule has 3 heterocycles. The maximum atomic E-state index is 13.1. The van der Waals surface area contributed by atoms with Crippen LogP contribution in [0.2, 0.25) is 0 Å². The zero-order valence-corrected chi connectivity index (χ0v) is 17.0. The van der Waals surface area contributed by atoms with Crippen molar-refractivity contribution in [2.45, 2.75) is 10.4 Å². The minimum atomic E-state index is -0.881. The van der Waals surface area contributed by atoms with Crippen molar-refractivity contribution in [1.82, 2.24) is 10.2 Å². The SMILES string of the molecule is COc1ccc([C@@H]2C(C(=O)c3ccco3)=C(O)C(=O)N2c2nnc(SC)s2)cc1. The van der Waals surface area contributed by atoms with Crippen LogP contribution in [0.3, 0.4) is 0 Å². The Bertz CT molecular complexity index is 1090. The van der Waals surface area contributed by atoms with E-state index in [4.69, 9.17) is 9.15 Å². The number of aromatic nitrogens is 2. The van der Waals surface area contributed by atoms with Crippen LogP contribution in [0.15, 0.2) is 62.8 Å². The Kier molecular flexibility index (Phi) is 5.12. The number of anilines is 1. The van der Waals surface area contributed by atoms with E-state index in [2.05, 4.69) is 10.2 Å². The number of hydrogen-bond acceptors (Lipinski definition) is 9. The van der Waals surface area contributed by atoms with Crippen molar-refractivity contribution in [1.29, 1.82) is 0 Å². The fourth-order valence-corrected chi connectivity index (χ4v) is 4.34. The third-order valence-corrected chi connectivity index (χ3v) is 6.30. The van der Waals surface area contributed by atoms with E-state index in [1.807, 2.05) is 6.26 Å². The average Bonchev–Trinajstić information content (AvgIpc) is 3.48. The quantitative estimate of drug-likeness (QED) is 0.360. The maximum absolute atomic E-state index is 13.1. The number of carbonyl (C=O) groups excluding carboxylic acids is 2. The molecule has 0 bridgehead atoms. The lowest BCUT2D eigenvalue weighted by Gasteiger charge is -2.24. The second-order valence-corrected chi connectivity index (χ2v) is 7.98. The van der Waals surface area contributed by atoms with Gasteiger partial charge in [0.1, 0.15) is 5.75 Å². The lowest BCUT2D eigenvalue weighted by Crippen LogP contribution is -2.31. The lowest BCUT2D eigenvalue weighted by atomic mass is 9.95. The van der Waals surface area contributed by atoms with Gasteiger partial charge in [0.05, 0.1) is 25.0 Å². The van der Waals surface area contributed by atoms with Crippen molar-refractivity contribution in [3.63, 3.8) is 0 Å². The van der Waals surface area contributed by atoms with Crippen LogP contribution in [0, 0.1) is 0 Å². The van der Waals surface area contributed by atoms with Crippen molar-refractivity contribution in [2.24, 2.45) is 0 Å². The topological polar surface area (TPSA) is 106 Å². The molecule has 0 fully saturated rings. The van der Waals surface area contributed by atoms with Gasteiger partial charge in [-0.1, -0.05) is 35.2 Å². The van der Waals surface area contributed by atoms with Crippen LogP contribution >= 0.6 is 23.1 Å². The monoisotopic (exact) mass is 429 g/mol. The highest BCUT2D eigenvalue weighted by Crippen LogP contribution is 2.43. The highest BCUT2D eigenvalue weighted by atomic mass is 32.2. The highest BCUT2D eigenvalue weighted by molar-refractivity contribution is 8.00. The van der Waals surface area contributed by atoms with Crippen LogP contribution in [0.1, 0.15) is 22.2 Å². The highest BCUT2D eigenvalue weighted by Gasteiger charge is 2.46. The number of ether oxygens (including phenoxy) is 1. The molecule has 0 radical (unpaired) electrons. The zero-order valence-electron chi connectivity index (χ0n) is 15.4. The van der Waals surface area contributed by atoms with Gasteiger partial charge < -0.3 is 14.3 Å². The van der Waals surface area contributed by atoms with E-state index in [1.165, 1.54) is 40.3 Å². The molecule has 1 amide bonds. The lowest BCUT2D eigenvalue weighted by molar-refractivity contribution is -0.117. The summed E-state index contributed by atoms with van der Waals surface area (Å²) in [4.78, 5) is 27.3. The van der Waals surface area contributed by atoms with E-state index in [0.717, 1.165) is 0 Å². The second-order valence-electron chi connectivity index (χ2n) is 5.97. The number of Topliss-reactive ketones (excluding diaryl/α,β-unsaturated/α-hetero) is 1. The molecule has 1 atom stereocenters. The van der Waals surface area contributed by atoms with E-state index in [-0.39, 0.29) is 16.5 Å². The van der Waals surface area contributed by atoms with Gasteiger partial charge in [0.25, 0.3) is 5.91 Å². The summed E-state index contributed by atoms with van der Waals surface area (Å²) in [5.74, 6) is -1.27. The summed E-state index contributed by atoms with van der Waals surface area (Å²) >= 11 is 2.59. The molecule has 0 unspecified atom stereocenters. The number of aliphatic hydroxyl groups is 1. The molecule has 1 aromatic carbocycles. The fourth-order valence-electron chi connectivity index (χ4n) is 3.06. The van der Waals surface area contributed by atoms with Crippen molar-refractivity contribution < 1.29 is 23.8 Å². The first-order valence-electron chi connectivity index (χ1n) is 8.41. The van der Waals surface area contributed by atoms with Crippen LogP contribution in [0.5, 0.6) is 5.75 Å². The van der Waals surface area contributed by atoms with Gasteiger partial charge in [-0.3, -0.25) is 14.5 Å². The summed E-state index contributed by atoms with van der Waals surface area (Å²) in [6, 6.07) is 9.07. The predicted molar refractivity (Wildman–Crippen MR) is 108 cm³/mol. The van der Waals surface area contributed by atoms with Gasteiger partial charge in [0.15, 0.2) is 15.9 Å². The van der Waals surface area contributed by atoms with Crippen molar-refractivity contribution in [3.8, 4) is 5.75 Å². The first kappa shape index (κ1) is 19.2. The van der Waals surface area contributed by atoms with Crippen LogP contribution in [-0.2, 0) is 4.79 Å². The van der Waals surface area contributed by atoms with E-state index >= 15 is 0 Å². The van der Waals surface area contributed by atoms with Crippen LogP contribution in [0.4, 0.5) is 5.13 Å². The molecule has 0 saturated heterocycles. The molecule has 148 valence electrons. The van der Waals surface area contributed by atoms with Gasteiger partial charge in [-0.25, -0.2) is 0 Å². The van der Waals surface area contributed by atoms with Gasteiger partial charge >= 0.3 is 0 Å². The van der Waals surface area contributed by atoms with Crippen LogP contribution in [-0.4, -0.2) is 40.4 Å². The Morgan fingerprint density at radius 3 is 2.62 bits per heavy atom. The minimum Gasteiger partial charge on any atom is -0.503 e. The molecule has 0 spiro atoms. The minimum absolute atomic E-state index is 0.0294.